The van der Waals surface area contributed by atoms with Gasteiger partial charge in [-0.1, -0.05) is 30.3 Å². The zero-order chi connectivity index (χ0) is 19.6. The third-order valence-electron chi connectivity index (χ3n) is 4.57. The van der Waals surface area contributed by atoms with Crippen molar-refractivity contribution in [3.63, 3.8) is 0 Å². The lowest BCUT2D eigenvalue weighted by Crippen LogP contribution is -2.15. The number of hydrogen-bond donors (Lipinski definition) is 1. The lowest BCUT2D eigenvalue weighted by atomic mass is 10.1. The third-order valence-corrected chi connectivity index (χ3v) is 5.66. The van der Waals surface area contributed by atoms with Crippen molar-refractivity contribution >= 4 is 34.3 Å². The second kappa shape index (κ2) is 8.01. The largest absolute Gasteiger partial charge is 0.462 e. The zero-order valence-corrected chi connectivity index (χ0v) is 16.8. The normalized spacial score (nSPS) is 12.1. The molecule has 0 bridgehead atoms. The van der Waals surface area contributed by atoms with Crippen molar-refractivity contribution in [3.8, 4) is 0 Å². The molecule has 0 aliphatic heterocycles. The Morgan fingerprint density at radius 3 is 2.52 bits per heavy atom. The Balaban J connectivity index is 1.82. The summed E-state index contributed by atoms with van der Waals surface area (Å²) in [5, 5.41) is 2.05. The van der Waals surface area contributed by atoms with E-state index >= 15 is 0 Å². The SMILES string of the molecule is CCOC(=O)c1c(C)[nH]c(C(=O)[C@@H](C)Sc2ccc3ccccc3c2)c1C. The summed E-state index contributed by atoms with van der Waals surface area (Å²) < 4.78 is 5.10. The maximum Gasteiger partial charge on any atom is 0.340 e. The number of thioether (sulfide) groups is 1. The number of ketones is 1. The van der Waals surface area contributed by atoms with E-state index in [1.54, 1.807) is 20.8 Å². The van der Waals surface area contributed by atoms with Crippen LogP contribution >= 0.6 is 11.8 Å². The van der Waals surface area contributed by atoms with Gasteiger partial charge in [0.1, 0.15) is 0 Å². The zero-order valence-electron chi connectivity index (χ0n) is 16.0. The Morgan fingerprint density at radius 1 is 1.11 bits per heavy atom. The molecule has 27 heavy (non-hydrogen) atoms. The van der Waals surface area contributed by atoms with Gasteiger partial charge >= 0.3 is 5.97 Å². The standard InChI is InChI=1S/C22H23NO3S/c1-5-26-22(25)19-13(2)20(23-14(19)3)21(24)15(4)27-18-11-10-16-8-6-7-9-17(16)12-18/h6-12,15,23H,5H2,1-4H3/t15-/m1/s1. The van der Waals surface area contributed by atoms with Crippen LogP contribution in [0.25, 0.3) is 10.8 Å². The van der Waals surface area contributed by atoms with Gasteiger partial charge in [0.15, 0.2) is 5.78 Å². The van der Waals surface area contributed by atoms with Crippen LogP contribution in [0.2, 0.25) is 0 Å². The Bertz CT molecular complexity index is 1010. The molecule has 4 nitrogen and oxygen atoms in total. The molecule has 3 aromatic rings. The molecule has 1 atom stereocenters. The summed E-state index contributed by atoms with van der Waals surface area (Å²) in [4.78, 5) is 29.3. The molecule has 0 radical (unpaired) electrons. The maximum atomic E-state index is 13.0. The molecule has 1 heterocycles. The molecule has 0 aliphatic rings. The van der Waals surface area contributed by atoms with Crippen molar-refractivity contribution in [2.75, 3.05) is 6.61 Å². The van der Waals surface area contributed by atoms with Gasteiger partial charge in [0.05, 0.1) is 23.1 Å². The molecule has 0 aliphatic carbocycles. The molecule has 2 aromatic carbocycles. The summed E-state index contributed by atoms with van der Waals surface area (Å²) in [6.07, 6.45) is 0. The summed E-state index contributed by atoms with van der Waals surface area (Å²) >= 11 is 1.52. The number of esters is 1. The molecule has 5 heteroatoms. The van der Waals surface area contributed by atoms with Crippen LogP contribution < -0.4 is 0 Å². The molecule has 0 saturated carbocycles. The average molecular weight is 381 g/mol. The molecule has 1 aromatic heterocycles. The van der Waals surface area contributed by atoms with Crippen molar-refractivity contribution in [2.45, 2.75) is 37.8 Å². The topological polar surface area (TPSA) is 59.2 Å². The van der Waals surface area contributed by atoms with Crippen LogP contribution in [0.3, 0.4) is 0 Å². The number of carbonyl (C=O) groups excluding carboxylic acids is 2. The minimum absolute atomic E-state index is 0.0238. The van der Waals surface area contributed by atoms with E-state index in [0.717, 1.165) is 10.3 Å². The van der Waals surface area contributed by atoms with E-state index in [0.29, 0.717) is 29.1 Å². The molecule has 0 unspecified atom stereocenters. The van der Waals surface area contributed by atoms with Crippen molar-refractivity contribution in [2.24, 2.45) is 0 Å². The number of hydrogen-bond acceptors (Lipinski definition) is 4. The number of aryl methyl sites for hydroxylation is 1. The highest BCUT2D eigenvalue weighted by Crippen LogP contribution is 2.30. The maximum absolute atomic E-state index is 13.0. The number of aromatic amines is 1. The number of H-pyrrole nitrogens is 1. The minimum atomic E-state index is -0.391. The van der Waals surface area contributed by atoms with E-state index in [1.165, 1.54) is 17.1 Å². The summed E-state index contributed by atoms with van der Waals surface area (Å²) in [6.45, 7) is 7.54. The first kappa shape index (κ1) is 19.2. The van der Waals surface area contributed by atoms with Gasteiger partial charge in [-0.2, -0.15) is 0 Å². The van der Waals surface area contributed by atoms with E-state index in [-0.39, 0.29) is 11.0 Å². The first-order chi connectivity index (χ1) is 12.9. The molecule has 1 N–H and O–H groups in total. The number of fused-ring (bicyclic) bond motifs is 1. The third kappa shape index (κ3) is 3.93. The number of nitrogens with one attached hydrogen (secondary N) is 1. The number of carbonyl (C=O) groups is 2. The van der Waals surface area contributed by atoms with E-state index in [9.17, 15) is 9.59 Å². The summed E-state index contributed by atoms with van der Waals surface area (Å²) in [5.41, 5.74) is 2.26. The van der Waals surface area contributed by atoms with Crippen LogP contribution in [0.1, 0.15) is 46.0 Å². The van der Waals surface area contributed by atoms with Gasteiger partial charge in [-0.05, 0) is 56.2 Å². The van der Waals surface area contributed by atoms with E-state index in [2.05, 4.69) is 29.2 Å². The van der Waals surface area contributed by atoms with Crippen molar-refractivity contribution in [1.29, 1.82) is 0 Å². The Hall–Kier alpha value is -2.53. The fraction of sp³-hybridized carbons (Fsp3) is 0.273. The molecular weight excluding hydrogens is 358 g/mol. The van der Waals surface area contributed by atoms with Crippen LogP contribution in [-0.2, 0) is 4.74 Å². The fourth-order valence-electron chi connectivity index (χ4n) is 3.21. The van der Waals surface area contributed by atoms with Gasteiger partial charge in [0, 0.05) is 10.6 Å². The Kier molecular flexibility index (Phi) is 5.71. The molecule has 0 fully saturated rings. The highest BCUT2D eigenvalue weighted by molar-refractivity contribution is 8.00. The Morgan fingerprint density at radius 2 is 1.81 bits per heavy atom. The van der Waals surface area contributed by atoms with E-state index < -0.39 is 5.97 Å². The van der Waals surface area contributed by atoms with E-state index in [4.69, 9.17) is 4.74 Å². The van der Waals surface area contributed by atoms with Crippen LogP contribution in [-0.4, -0.2) is 28.6 Å². The van der Waals surface area contributed by atoms with Crippen molar-refractivity contribution in [1.82, 2.24) is 4.98 Å². The predicted molar refractivity (Wildman–Crippen MR) is 110 cm³/mol. The van der Waals surface area contributed by atoms with Gasteiger partial charge in [0.2, 0.25) is 0 Å². The molecule has 0 saturated heterocycles. The van der Waals surface area contributed by atoms with Crippen LogP contribution in [0, 0.1) is 13.8 Å². The monoisotopic (exact) mass is 381 g/mol. The van der Waals surface area contributed by atoms with Gasteiger partial charge < -0.3 is 9.72 Å². The molecule has 140 valence electrons. The lowest BCUT2D eigenvalue weighted by molar-refractivity contribution is 0.0525. The average Bonchev–Trinajstić information content (AvgIpc) is 2.95. The van der Waals surface area contributed by atoms with Crippen LogP contribution in [0.4, 0.5) is 0 Å². The van der Waals surface area contributed by atoms with Gasteiger partial charge in [-0.3, -0.25) is 4.79 Å². The lowest BCUT2D eigenvalue weighted by Gasteiger charge is -2.11. The van der Waals surface area contributed by atoms with Gasteiger partial charge in [0.25, 0.3) is 0 Å². The van der Waals surface area contributed by atoms with Gasteiger partial charge in [-0.25, -0.2) is 4.79 Å². The van der Waals surface area contributed by atoms with Gasteiger partial charge in [-0.15, -0.1) is 11.8 Å². The summed E-state index contributed by atoms with van der Waals surface area (Å²) in [5.74, 6) is -0.415. The van der Waals surface area contributed by atoms with Crippen molar-refractivity contribution in [3.05, 3.63) is 65.0 Å². The number of ether oxygens (including phenoxy) is 1. The second-order valence-corrected chi connectivity index (χ2v) is 7.89. The smallest absolute Gasteiger partial charge is 0.340 e. The summed E-state index contributed by atoms with van der Waals surface area (Å²) in [6, 6.07) is 14.4. The highest BCUT2D eigenvalue weighted by Gasteiger charge is 2.26. The number of aromatic nitrogens is 1. The fourth-order valence-corrected chi connectivity index (χ4v) is 4.18. The molecular formula is C22H23NO3S. The van der Waals surface area contributed by atoms with E-state index in [1.807, 2.05) is 25.1 Å². The van der Waals surface area contributed by atoms with Crippen LogP contribution in [0.15, 0.2) is 47.4 Å². The molecule has 0 spiro atoms. The second-order valence-electron chi connectivity index (χ2n) is 6.48. The first-order valence-corrected chi connectivity index (χ1v) is 9.86. The number of rotatable bonds is 6. The quantitative estimate of drug-likeness (QED) is 0.356. The predicted octanol–water partition coefficient (Wildman–Crippen LogP) is 5.32. The number of Topliss-reactive ketones (excluding diaryl/α,β-unsaturated/α-hetero) is 1. The Labute approximate surface area is 163 Å². The minimum Gasteiger partial charge on any atom is -0.462 e. The summed E-state index contributed by atoms with van der Waals surface area (Å²) in [7, 11) is 0. The molecule has 3 rings (SSSR count). The van der Waals surface area contributed by atoms with Crippen molar-refractivity contribution < 1.29 is 14.3 Å². The highest BCUT2D eigenvalue weighted by atomic mass is 32.2. The first-order valence-electron chi connectivity index (χ1n) is 8.98. The molecule has 0 amide bonds. The van der Waals surface area contributed by atoms with Crippen LogP contribution in [0.5, 0.6) is 0 Å². The number of benzene rings is 2.